The van der Waals surface area contributed by atoms with Crippen LogP contribution < -0.4 is 0 Å². The highest BCUT2D eigenvalue weighted by Crippen LogP contribution is 2.28. The Morgan fingerprint density at radius 2 is 2.24 bits per heavy atom. The fourth-order valence-electron chi connectivity index (χ4n) is 2.61. The molecule has 1 aromatic heterocycles. The summed E-state index contributed by atoms with van der Waals surface area (Å²) in [6, 6.07) is 3.84. The van der Waals surface area contributed by atoms with Crippen molar-refractivity contribution in [1.82, 2.24) is 4.90 Å². The van der Waals surface area contributed by atoms with Gasteiger partial charge in [0.1, 0.15) is 0 Å². The first-order valence-corrected chi connectivity index (χ1v) is 7.44. The van der Waals surface area contributed by atoms with E-state index in [2.05, 4.69) is 0 Å². The van der Waals surface area contributed by atoms with Crippen molar-refractivity contribution in [3.63, 3.8) is 0 Å². The molecule has 0 spiro atoms. The molecular weight excluding hydrogens is 230 g/mol. The Balaban J connectivity index is 1.69. The molecule has 1 heterocycles. The van der Waals surface area contributed by atoms with Crippen LogP contribution in [0.5, 0.6) is 0 Å². The van der Waals surface area contributed by atoms with Gasteiger partial charge in [-0.3, -0.25) is 4.79 Å². The topological polar surface area (TPSA) is 20.3 Å². The largest absolute Gasteiger partial charge is 0.341 e. The molecule has 0 aliphatic heterocycles. The molecular formula is C14H21NOS. The minimum atomic E-state index is 0.173. The zero-order valence-corrected chi connectivity index (χ0v) is 11.3. The Kier molecular flexibility index (Phi) is 4.60. The fourth-order valence-corrected chi connectivity index (χ4v) is 3.32. The van der Waals surface area contributed by atoms with E-state index in [-0.39, 0.29) is 5.91 Å². The maximum absolute atomic E-state index is 12.0. The van der Waals surface area contributed by atoms with Gasteiger partial charge in [-0.2, -0.15) is 0 Å². The predicted octanol–water partition coefficient (Wildman–Crippen LogP) is 3.79. The second kappa shape index (κ2) is 6.20. The minimum Gasteiger partial charge on any atom is -0.341 e. The first kappa shape index (κ1) is 12.6. The molecule has 2 rings (SSSR count). The van der Waals surface area contributed by atoms with Gasteiger partial charge in [0.25, 0.3) is 5.91 Å². The van der Waals surface area contributed by atoms with E-state index in [0.717, 1.165) is 23.8 Å². The lowest BCUT2D eigenvalue weighted by atomic mass is 10.0. The van der Waals surface area contributed by atoms with Crippen LogP contribution in [0.3, 0.4) is 0 Å². The zero-order chi connectivity index (χ0) is 12.1. The predicted molar refractivity (Wildman–Crippen MR) is 72.5 cm³/mol. The van der Waals surface area contributed by atoms with Gasteiger partial charge in [-0.1, -0.05) is 31.7 Å². The molecule has 1 aromatic rings. The van der Waals surface area contributed by atoms with Crippen LogP contribution in [-0.4, -0.2) is 24.4 Å². The summed E-state index contributed by atoms with van der Waals surface area (Å²) < 4.78 is 0. The normalized spacial score (nSPS) is 16.3. The molecule has 17 heavy (non-hydrogen) atoms. The second-order valence-electron chi connectivity index (χ2n) is 5.00. The third-order valence-electron chi connectivity index (χ3n) is 3.66. The number of amides is 1. The van der Waals surface area contributed by atoms with Gasteiger partial charge in [0, 0.05) is 13.6 Å². The summed E-state index contributed by atoms with van der Waals surface area (Å²) in [5.41, 5.74) is 0. The smallest absolute Gasteiger partial charge is 0.263 e. The molecule has 0 atom stereocenters. The molecule has 1 aliphatic rings. The molecule has 0 aromatic carbocycles. The highest BCUT2D eigenvalue weighted by atomic mass is 32.1. The standard InChI is InChI=1S/C14H21NOS/c1-15(14(16)13-9-5-11-17-13)10-4-8-12-6-2-3-7-12/h5,9,11-12H,2-4,6-8,10H2,1H3. The molecule has 1 aliphatic carbocycles. The summed E-state index contributed by atoms with van der Waals surface area (Å²) in [4.78, 5) is 14.7. The van der Waals surface area contributed by atoms with Crippen molar-refractivity contribution < 1.29 is 4.79 Å². The average Bonchev–Trinajstić information content (AvgIpc) is 3.00. The van der Waals surface area contributed by atoms with Crippen molar-refractivity contribution in [2.45, 2.75) is 38.5 Å². The third kappa shape index (κ3) is 3.56. The lowest BCUT2D eigenvalue weighted by Crippen LogP contribution is -2.27. The van der Waals surface area contributed by atoms with Gasteiger partial charge >= 0.3 is 0 Å². The number of thiophene rings is 1. The Bertz CT molecular complexity index is 341. The molecule has 0 bridgehead atoms. The van der Waals surface area contributed by atoms with Crippen LogP contribution in [0.4, 0.5) is 0 Å². The minimum absolute atomic E-state index is 0.173. The maximum atomic E-state index is 12.0. The van der Waals surface area contributed by atoms with E-state index in [0.29, 0.717) is 0 Å². The van der Waals surface area contributed by atoms with E-state index in [1.807, 2.05) is 29.5 Å². The molecule has 94 valence electrons. The van der Waals surface area contributed by atoms with Crippen LogP contribution in [0.1, 0.15) is 48.2 Å². The number of nitrogens with zero attached hydrogens (tertiary/aromatic N) is 1. The Hall–Kier alpha value is -0.830. The zero-order valence-electron chi connectivity index (χ0n) is 10.5. The van der Waals surface area contributed by atoms with Crippen molar-refractivity contribution in [3.05, 3.63) is 22.4 Å². The van der Waals surface area contributed by atoms with Gasteiger partial charge < -0.3 is 4.90 Å². The van der Waals surface area contributed by atoms with E-state index >= 15 is 0 Å². The highest BCUT2D eigenvalue weighted by molar-refractivity contribution is 7.12. The van der Waals surface area contributed by atoms with Crippen LogP contribution in [0.25, 0.3) is 0 Å². The number of hydrogen-bond acceptors (Lipinski definition) is 2. The van der Waals surface area contributed by atoms with E-state index in [1.165, 1.54) is 43.4 Å². The molecule has 1 fully saturated rings. The summed E-state index contributed by atoms with van der Waals surface area (Å²) >= 11 is 1.53. The van der Waals surface area contributed by atoms with E-state index in [9.17, 15) is 4.79 Å². The van der Waals surface area contributed by atoms with Gasteiger partial charge in [-0.15, -0.1) is 11.3 Å². The van der Waals surface area contributed by atoms with Crippen LogP contribution in [0, 0.1) is 5.92 Å². The van der Waals surface area contributed by atoms with Crippen molar-refractivity contribution in [1.29, 1.82) is 0 Å². The van der Waals surface area contributed by atoms with E-state index in [1.54, 1.807) is 0 Å². The summed E-state index contributed by atoms with van der Waals surface area (Å²) in [6.07, 6.45) is 8.08. The van der Waals surface area contributed by atoms with Crippen LogP contribution in [0.15, 0.2) is 17.5 Å². The lowest BCUT2D eigenvalue weighted by Gasteiger charge is -2.17. The summed E-state index contributed by atoms with van der Waals surface area (Å²) in [6.45, 7) is 0.896. The highest BCUT2D eigenvalue weighted by Gasteiger charge is 2.16. The lowest BCUT2D eigenvalue weighted by molar-refractivity contribution is 0.0795. The van der Waals surface area contributed by atoms with Crippen LogP contribution in [0.2, 0.25) is 0 Å². The molecule has 3 heteroatoms. The van der Waals surface area contributed by atoms with Crippen LogP contribution >= 0.6 is 11.3 Å². The number of rotatable bonds is 5. The van der Waals surface area contributed by atoms with Gasteiger partial charge in [-0.25, -0.2) is 0 Å². The van der Waals surface area contributed by atoms with Crippen molar-refractivity contribution in [3.8, 4) is 0 Å². The second-order valence-corrected chi connectivity index (χ2v) is 5.94. The Morgan fingerprint density at radius 1 is 1.47 bits per heavy atom. The summed E-state index contributed by atoms with van der Waals surface area (Å²) in [7, 11) is 1.91. The monoisotopic (exact) mass is 251 g/mol. The van der Waals surface area contributed by atoms with E-state index < -0.39 is 0 Å². The molecule has 0 radical (unpaired) electrons. The SMILES string of the molecule is CN(CCCC1CCCC1)C(=O)c1cccs1. The number of hydrogen-bond donors (Lipinski definition) is 0. The molecule has 0 unspecified atom stereocenters. The van der Waals surface area contributed by atoms with Crippen molar-refractivity contribution in [2.75, 3.05) is 13.6 Å². The fraction of sp³-hybridized carbons (Fsp3) is 0.643. The van der Waals surface area contributed by atoms with Gasteiger partial charge in [0.2, 0.25) is 0 Å². The molecule has 2 nitrogen and oxygen atoms in total. The maximum Gasteiger partial charge on any atom is 0.263 e. The van der Waals surface area contributed by atoms with E-state index in [4.69, 9.17) is 0 Å². The van der Waals surface area contributed by atoms with Gasteiger partial charge in [0.05, 0.1) is 4.88 Å². The van der Waals surface area contributed by atoms with Crippen molar-refractivity contribution in [2.24, 2.45) is 5.92 Å². The van der Waals surface area contributed by atoms with Crippen molar-refractivity contribution >= 4 is 17.2 Å². The summed E-state index contributed by atoms with van der Waals surface area (Å²) in [5, 5.41) is 1.96. The number of carbonyl (C=O) groups excluding carboxylic acids is 1. The van der Waals surface area contributed by atoms with Crippen LogP contribution in [-0.2, 0) is 0 Å². The van der Waals surface area contributed by atoms with Gasteiger partial charge in [-0.05, 0) is 30.2 Å². The Labute approximate surface area is 108 Å². The average molecular weight is 251 g/mol. The molecule has 0 saturated heterocycles. The quantitative estimate of drug-likeness (QED) is 0.779. The Morgan fingerprint density at radius 3 is 2.88 bits per heavy atom. The number of carbonyl (C=O) groups is 1. The third-order valence-corrected chi connectivity index (χ3v) is 4.52. The molecule has 1 amide bonds. The first-order chi connectivity index (χ1) is 8.27. The summed E-state index contributed by atoms with van der Waals surface area (Å²) in [5.74, 6) is 1.10. The first-order valence-electron chi connectivity index (χ1n) is 6.56. The van der Waals surface area contributed by atoms with Gasteiger partial charge in [0.15, 0.2) is 0 Å². The molecule has 0 N–H and O–H groups in total. The molecule has 1 saturated carbocycles.